The third-order valence-electron chi connectivity index (χ3n) is 5.68. The second-order valence-corrected chi connectivity index (χ2v) is 8.72. The number of likely N-dealkylation sites (tertiary alicyclic amines) is 1. The van der Waals surface area contributed by atoms with Crippen molar-refractivity contribution < 1.29 is 9.21 Å². The Morgan fingerprint density at radius 2 is 2.11 bits per heavy atom. The molecule has 0 N–H and O–H groups in total. The molecule has 3 aromatic rings. The van der Waals surface area contributed by atoms with Crippen LogP contribution < -0.4 is 0 Å². The molecule has 1 aliphatic heterocycles. The van der Waals surface area contributed by atoms with E-state index < -0.39 is 0 Å². The highest BCUT2D eigenvalue weighted by atomic mass is 32.1. The molecule has 2 aliphatic rings. The summed E-state index contributed by atoms with van der Waals surface area (Å²) in [5.41, 5.74) is 3.31. The van der Waals surface area contributed by atoms with Gasteiger partial charge < -0.3 is 9.32 Å². The van der Waals surface area contributed by atoms with Gasteiger partial charge >= 0.3 is 0 Å². The minimum atomic E-state index is 0.0555. The number of para-hydroxylation sites is 1. The fourth-order valence-corrected chi connectivity index (χ4v) is 5.59. The van der Waals surface area contributed by atoms with Crippen LogP contribution in [0.3, 0.4) is 0 Å². The molecule has 1 saturated heterocycles. The number of hydrogen-bond donors (Lipinski definition) is 0. The van der Waals surface area contributed by atoms with Gasteiger partial charge in [0.25, 0.3) is 5.91 Å². The molecule has 1 aliphatic carbocycles. The first-order valence-electron chi connectivity index (χ1n) is 9.83. The molecule has 0 saturated carbocycles. The zero-order chi connectivity index (χ0) is 18.4. The number of benzene rings is 1. The van der Waals surface area contributed by atoms with Crippen molar-refractivity contribution in [3.8, 4) is 0 Å². The molecule has 0 spiro atoms. The lowest BCUT2D eigenvalue weighted by Crippen LogP contribution is -2.39. The number of nitrogens with zero attached hydrogens (tertiary/aromatic N) is 3. The van der Waals surface area contributed by atoms with Crippen molar-refractivity contribution in [2.75, 3.05) is 13.1 Å². The Morgan fingerprint density at radius 3 is 3.00 bits per heavy atom. The SMILES string of the molecule is Cc1nc2c(C(=O)N3CCCC(c4nc5c(s4)CCCC5)C3)cccc2o1. The molecule has 0 bridgehead atoms. The van der Waals surface area contributed by atoms with Crippen LogP contribution in [0.15, 0.2) is 22.6 Å². The summed E-state index contributed by atoms with van der Waals surface area (Å²) in [6.07, 6.45) is 6.97. The summed E-state index contributed by atoms with van der Waals surface area (Å²) >= 11 is 1.88. The highest BCUT2D eigenvalue weighted by Crippen LogP contribution is 2.35. The van der Waals surface area contributed by atoms with Crippen LogP contribution in [0.25, 0.3) is 11.1 Å². The van der Waals surface area contributed by atoms with Gasteiger partial charge in [0.1, 0.15) is 5.52 Å². The molecule has 6 heteroatoms. The number of thiazole rings is 1. The van der Waals surface area contributed by atoms with Crippen LogP contribution in [-0.4, -0.2) is 33.9 Å². The number of aromatic nitrogens is 2. The summed E-state index contributed by atoms with van der Waals surface area (Å²) in [7, 11) is 0. The van der Waals surface area contributed by atoms with E-state index in [1.807, 2.05) is 41.4 Å². The van der Waals surface area contributed by atoms with Crippen LogP contribution in [-0.2, 0) is 12.8 Å². The smallest absolute Gasteiger partial charge is 0.256 e. The van der Waals surface area contributed by atoms with Crippen LogP contribution >= 0.6 is 11.3 Å². The lowest BCUT2D eigenvalue weighted by Gasteiger charge is -2.32. The maximum Gasteiger partial charge on any atom is 0.256 e. The van der Waals surface area contributed by atoms with E-state index in [0.717, 1.165) is 32.4 Å². The van der Waals surface area contributed by atoms with E-state index in [9.17, 15) is 4.79 Å². The van der Waals surface area contributed by atoms with Crippen LogP contribution in [0, 0.1) is 6.92 Å². The Morgan fingerprint density at radius 1 is 1.22 bits per heavy atom. The zero-order valence-corrected chi connectivity index (χ0v) is 16.3. The summed E-state index contributed by atoms with van der Waals surface area (Å²) in [6, 6.07) is 5.60. The minimum Gasteiger partial charge on any atom is -0.441 e. The number of carbonyl (C=O) groups excluding carboxylic acids is 1. The molecule has 3 heterocycles. The van der Waals surface area contributed by atoms with Crippen molar-refractivity contribution in [2.24, 2.45) is 0 Å². The van der Waals surface area contributed by atoms with Crippen LogP contribution in [0.5, 0.6) is 0 Å². The maximum absolute atomic E-state index is 13.2. The van der Waals surface area contributed by atoms with E-state index in [-0.39, 0.29) is 5.91 Å². The van der Waals surface area contributed by atoms with Crippen molar-refractivity contribution in [3.63, 3.8) is 0 Å². The Hall–Kier alpha value is -2.21. The van der Waals surface area contributed by atoms with Crippen LogP contribution in [0.4, 0.5) is 0 Å². The zero-order valence-electron chi connectivity index (χ0n) is 15.5. The number of aryl methyl sites for hydroxylation is 3. The van der Waals surface area contributed by atoms with Gasteiger partial charge in [0, 0.05) is 30.8 Å². The van der Waals surface area contributed by atoms with E-state index in [2.05, 4.69) is 4.98 Å². The van der Waals surface area contributed by atoms with Gasteiger partial charge in [0.15, 0.2) is 11.5 Å². The van der Waals surface area contributed by atoms with Gasteiger partial charge in [-0.1, -0.05) is 6.07 Å². The maximum atomic E-state index is 13.2. The van der Waals surface area contributed by atoms with Gasteiger partial charge in [-0.15, -0.1) is 11.3 Å². The molecule has 0 radical (unpaired) electrons. The fraction of sp³-hybridized carbons (Fsp3) is 0.476. The predicted molar refractivity (Wildman–Crippen MR) is 105 cm³/mol. The minimum absolute atomic E-state index is 0.0555. The summed E-state index contributed by atoms with van der Waals surface area (Å²) in [4.78, 5) is 26.0. The molecule has 140 valence electrons. The number of hydrogen-bond acceptors (Lipinski definition) is 5. The summed E-state index contributed by atoms with van der Waals surface area (Å²) in [5.74, 6) is 1.01. The molecular formula is C21H23N3O2S. The lowest BCUT2D eigenvalue weighted by atomic mass is 9.97. The fourth-order valence-electron chi connectivity index (χ4n) is 4.31. The molecule has 1 aromatic carbocycles. The third kappa shape index (κ3) is 3.06. The Kier molecular flexibility index (Phi) is 4.23. The van der Waals surface area contributed by atoms with Crippen molar-refractivity contribution in [2.45, 2.75) is 51.4 Å². The lowest BCUT2D eigenvalue weighted by molar-refractivity contribution is 0.0709. The Balaban J connectivity index is 1.40. The first-order chi connectivity index (χ1) is 13.2. The molecule has 1 unspecified atom stereocenters. The van der Waals surface area contributed by atoms with Crippen molar-refractivity contribution in [1.82, 2.24) is 14.9 Å². The molecule has 5 nitrogen and oxygen atoms in total. The highest BCUT2D eigenvalue weighted by Gasteiger charge is 2.29. The van der Waals surface area contributed by atoms with Crippen LogP contribution in [0.1, 0.15) is 63.4 Å². The summed E-state index contributed by atoms with van der Waals surface area (Å²) in [6.45, 7) is 3.36. The van der Waals surface area contributed by atoms with Gasteiger partial charge in [-0.2, -0.15) is 0 Å². The van der Waals surface area contributed by atoms with Gasteiger partial charge in [-0.05, 0) is 50.7 Å². The number of oxazole rings is 1. The summed E-state index contributed by atoms with van der Waals surface area (Å²) < 4.78 is 5.59. The van der Waals surface area contributed by atoms with E-state index >= 15 is 0 Å². The molecule has 1 atom stereocenters. The predicted octanol–water partition coefficient (Wildman–Crippen LogP) is 4.49. The first-order valence-corrected chi connectivity index (χ1v) is 10.6. The Bertz CT molecular complexity index is 983. The van der Waals surface area contributed by atoms with E-state index in [4.69, 9.17) is 9.40 Å². The molecule has 27 heavy (non-hydrogen) atoms. The normalized spacial score (nSPS) is 20.0. The molecule has 1 amide bonds. The van der Waals surface area contributed by atoms with E-state index in [1.165, 1.54) is 34.8 Å². The average Bonchev–Trinajstić information content (AvgIpc) is 3.29. The third-order valence-corrected chi connectivity index (χ3v) is 7.00. The number of amides is 1. The first kappa shape index (κ1) is 16.9. The summed E-state index contributed by atoms with van der Waals surface area (Å²) in [5, 5.41) is 1.23. The quantitative estimate of drug-likeness (QED) is 0.656. The van der Waals surface area contributed by atoms with Gasteiger partial charge in [0.05, 0.1) is 16.3 Å². The van der Waals surface area contributed by atoms with Gasteiger partial charge in [-0.25, -0.2) is 9.97 Å². The number of fused-ring (bicyclic) bond motifs is 2. The number of piperidine rings is 1. The van der Waals surface area contributed by atoms with E-state index in [1.54, 1.807) is 0 Å². The topological polar surface area (TPSA) is 59.2 Å². The van der Waals surface area contributed by atoms with Gasteiger partial charge in [-0.3, -0.25) is 4.79 Å². The van der Waals surface area contributed by atoms with Gasteiger partial charge in [0.2, 0.25) is 0 Å². The van der Waals surface area contributed by atoms with E-state index in [0.29, 0.717) is 28.5 Å². The Labute approximate surface area is 162 Å². The molecule has 2 aromatic heterocycles. The van der Waals surface area contributed by atoms with Crippen molar-refractivity contribution in [1.29, 1.82) is 0 Å². The molecule has 5 rings (SSSR count). The monoisotopic (exact) mass is 381 g/mol. The van der Waals surface area contributed by atoms with Crippen molar-refractivity contribution >= 4 is 28.3 Å². The standard InChI is InChI=1S/C21H23N3O2S/c1-13-22-19-15(7-4-9-17(19)26-13)21(25)24-11-5-6-14(12-24)20-23-16-8-2-3-10-18(16)27-20/h4,7,9,14H,2-3,5-6,8,10-12H2,1H3. The molecular weight excluding hydrogens is 358 g/mol. The second kappa shape index (κ2) is 6.75. The highest BCUT2D eigenvalue weighted by molar-refractivity contribution is 7.11. The molecule has 1 fully saturated rings. The van der Waals surface area contributed by atoms with Crippen molar-refractivity contribution in [3.05, 3.63) is 45.2 Å². The van der Waals surface area contributed by atoms with Crippen LogP contribution in [0.2, 0.25) is 0 Å². The largest absolute Gasteiger partial charge is 0.441 e. The average molecular weight is 382 g/mol. The second-order valence-electron chi connectivity index (χ2n) is 7.60. The number of carbonyl (C=O) groups is 1. The number of rotatable bonds is 2.